The van der Waals surface area contributed by atoms with Crippen LogP contribution in [0.2, 0.25) is 0 Å². The number of hydrogen-bond donors (Lipinski definition) is 2. The molecule has 0 bridgehead atoms. The molecule has 0 aliphatic rings. The van der Waals surface area contributed by atoms with Gasteiger partial charge in [0, 0.05) is 12.6 Å². The van der Waals surface area contributed by atoms with Crippen molar-refractivity contribution in [2.75, 3.05) is 19.8 Å². The molecule has 0 unspecified atom stereocenters. The van der Waals surface area contributed by atoms with Crippen molar-refractivity contribution in [3.05, 3.63) is 47.6 Å². The second kappa shape index (κ2) is 8.63. The lowest BCUT2D eigenvalue weighted by atomic mass is 10.3. The van der Waals surface area contributed by atoms with Crippen molar-refractivity contribution in [1.29, 1.82) is 0 Å². The van der Waals surface area contributed by atoms with Gasteiger partial charge in [0.25, 0.3) is 5.91 Å². The number of aromatic nitrogens is 1. The molecule has 8 nitrogen and oxygen atoms in total. The van der Waals surface area contributed by atoms with Crippen LogP contribution in [0.15, 0.2) is 34.9 Å². The standard InChI is InChI=1S/C15H15FN2O6/c16-11-3-1-2-4-13(11)23-8-10-7-12(18-24-10)15(21)17-5-6-22-9-14(19)20/h1-4,7H,5-6,8-9H2,(H,17,21)(H,19,20). The molecule has 2 N–H and O–H groups in total. The number of benzene rings is 1. The van der Waals surface area contributed by atoms with E-state index in [1.165, 1.54) is 18.2 Å². The van der Waals surface area contributed by atoms with E-state index in [2.05, 4.69) is 10.5 Å². The summed E-state index contributed by atoms with van der Waals surface area (Å²) in [4.78, 5) is 22.0. The topological polar surface area (TPSA) is 111 Å². The largest absolute Gasteiger partial charge is 0.482 e. The molecule has 1 amide bonds. The second-order valence-corrected chi connectivity index (χ2v) is 4.60. The van der Waals surface area contributed by atoms with E-state index in [-0.39, 0.29) is 37.0 Å². The van der Waals surface area contributed by atoms with Crippen molar-refractivity contribution >= 4 is 11.9 Å². The summed E-state index contributed by atoms with van der Waals surface area (Å²) < 4.78 is 28.3. The highest BCUT2D eigenvalue weighted by atomic mass is 19.1. The Bertz CT molecular complexity index is 703. The predicted octanol–water partition coefficient (Wildman–Crippen LogP) is 1.22. The quantitative estimate of drug-likeness (QED) is 0.661. The van der Waals surface area contributed by atoms with Crippen molar-refractivity contribution in [3.63, 3.8) is 0 Å². The maximum absolute atomic E-state index is 13.4. The fourth-order valence-electron chi connectivity index (χ4n) is 1.69. The summed E-state index contributed by atoms with van der Waals surface area (Å²) in [5.41, 5.74) is 0.0281. The van der Waals surface area contributed by atoms with E-state index < -0.39 is 24.3 Å². The summed E-state index contributed by atoms with van der Waals surface area (Å²) >= 11 is 0. The van der Waals surface area contributed by atoms with Gasteiger partial charge in [-0.05, 0) is 12.1 Å². The summed E-state index contributed by atoms with van der Waals surface area (Å²) in [6.07, 6.45) is 0. The number of nitrogens with one attached hydrogen (secondary N) is 1. The number of carboxylic acid groups (broad SMARTS) is 1. The first kappa shape index (κ1) is 17.4. The van der Waals surface area contributed by atoms with E-state index in [0.717, 1.165) is 0 Å². The van der Waals surface area contributed by atoms with Gasteiger partial charge in [-0.3, -0.25) is 4.79 Å². The van der Waals surface area contributed by atoms with E-state index in [1.54, 1.807) is 12.1 Å². The Labute approximate surface area is 136 Å². The molecule has 24 heavy (non-hydrogen) atoms. The lowest BCUT2D eigenvalue weighted by Gasteiger charge is -2.03. The summed E-state index contributed by atoms with van der Waals surface area (Å²) in [5, 5.41) is 14.5. The van der Waals surface area contributed by atoms with Gasteiger partial charge in [0.1, 0.15) is 13.2 Å². The molecule has 0 fully saturated rings. The van der Waals surface area contributed by atoms with E-state index in [4.69, 9.17) is 19.1 Å². The van der Waals surface area contributed by atoms with Crippen LogP contribution in [0.1, 0.15) is 16.2 Å². The number of nitrogens with zero attached hydrogens (tertiary/aromatic N) is 1. The Kier molecular flexibility index (Phi) is 6.26. The number of rotatable bonds is 9. The number of carbonyl (C=O) groups is 2. The van der Waals surface area contributed by atoms with Crippen LogP contribution in [-0.4, -0.2) is 41.9 Å². The fourth-order valence-corrected chi connectivity index (χ4v) is 1.69. The first-order valence-corrected chi connectivity index (χ1v) is 6.97. The van der Waals surface area contributed by atoms with Crippen LogP contribution in [0.5, 0.6) is 5.75 Å². The lowest BCUT2D eigenvalue weighted by molar-refractivity contribution is -0.142. The van der Waals surface area contributed by atoms with E-state index in [9.17, 15) is 14.0 Å². The predicted molar refractivity (Wildman–Crippen MR) is 78.0 cm³/mol. The third-order valence-corrected chi connectivity index (χ3v) is 2.76. The molecule has 2 aromatic rings. The molecule has 0 radical (unpaired) electrons. The van der Waals surface area contributed by atoms with Gasteiger partial charge in [0.2, 0.25) is 0 Å². The summed E-state index contributed by atoms with van der Waals surface area (Å²) in [7, 11) is 0. The Balaban J connectivity index is 1.76. The zero-order valence-electron chi connectivity index (χ0n) is 12.5. The van der Waals surface area contributed by atoms with Crippen LogP contribution < -0.4 is 10.1 Å². The highest BCUT2D eigenvalue weighted by molar-refractivity contribution is 5.92. The highest BCUT2D eigenvalue weighted by Crippen LogP contribution is 2.17. The smallest absolute Gasteiger partial charge is 0.329 e. The summed E-state index contributed by atoms with van der Waals surface area (Å²) in [5.74, 6) is -1.77. The third kappa shape index (κ3) is 5.36. The van der Waals surface area contributed by atoms with Crippen LogP contribution >= 0.6 is 0 Å². The van der Waals surface area contributed by atoms with Gasteiger partial charge in [-0.2, -0.15) is 0 Å². The highest BCUT2D eigenvalue weighted by Gasteiger charge is 2.13. The molecule has 1 heterocycles. The summed E-state index contributed by atoms with van der Waals surface area (Å²) in [6.45, 7) is -0.334. The number of para-hydroxylation sites is 1. The van der Waals surface area contributed by atoms with Crippen LogP contribution in [-0.2, 0) is 16.1 Å². The van der Waals surface area contributed by atoms with Crippen LogP contribution in [0.4, 0.5) is 4.39 Å². The molecular weight excluding hydrogens is 323 g/mol. The van der Waals surface area contributed by atoms with Crippen molar-refractivity contribution in [1.82, 2.24) is 10.5 Å². The van der Waals surface area contributed by atoms with Gasteiger partial charge in [-0.15, -0.1) is 0 Å². The molecule has 2 rings (SSSR count). The Morgan fingerprint density at radius 2 is 2.12 bits per heavy atom. The van der Waals surface area contributed by atoms with Gasteiger partial charge < -0.3 is 24.4 Å². The summed E-state index contributed by atoms with van der Waals surface area (Å²) in [6, 6.07) is 7.27. The normalized spacial score (nSPS) is 10.4. The molecule has 1 aromatic heterocycles. The monoisotopic (exact) mass is 338 g/mol. The van der Waals surface area contributed by atoms with Gasteiger partial charge in [0.15, 0.2) is 23.0 Å². The third-order valence-electron chi connectivity index (χ3n) is 2.76. The first-order valence-electron chi connectivity index (χ1n) is 6.97. The van der Waals surface area contributed by atoms with Crippen LogP contribution in [0.3, 0.4) is 0 Å². The SMILES string of the molecule is O=C(O)COCCNC(=O)c1cc(COc2ccccc2F)on1. The molecule has 0 saturated heterocycles. The van der Waals surface area contributed by atoms with Crippen molar-refractivity contribution in [3.8, 4) is 5.75 Å². The number of carbonyl (C=O) groups excluding carboxylic acids is 1. The molecule has 0 atom stereocenters. The lowest BCUT2D eigenvalue weighted by Crippen LogP contribution is -2.28. The van der Waals surface area contributed by atoms with E-state index in [1.807, 2.05) is 0 Å². The Hall–Kier alpha value is -2.94. The zero-order valence-corrected chi connectivity index (χ0v) is 12.5. The number of halogens is 1. The van der Waals surface area contributed by atoms with Gasteiger partial charge in [-0.1, -0.05) is 17.3 Å². The molecule has 0 spiro atoms. The number of hydrogen-bond acceptors (Lipinski definition) is 6. The number of carboxylic acids is 1. The Morgan fingerprint density at radius 3 is 2.88 bits per heavy atom. The molecular formula is C15H15FN2O6. The zero-order chi connectivity index (χ0) is 17.4. The van der Waals surface area contributed by atoms with E-state index in [0.29, 0.717) is 0 Å². The van der Waals surface area contributed by atoms with E-state index >= 15 is 0 Å². The minimum absolute atomic E-state index is 0.0281. The fraction of sp³-hybridized carbons (Fsp3) is 0.267. The Morgan fingerprint density at radius 1 is 1.33 bits per heavy atom. The molecule has 128 valence electrons. The molecule has 1 aromatic carbocycles. The maximum atomic E-state index is 13.4. The van der Waals surface area contributed by atoms with Crippen LogP contribution in [0, 0.1) is 5.82 Å². The molecule has 0 aliphatic heterocycles. The van der Waals surface area contributed by atoms with Crippen LogP contribution in [0.25, 0.3) is 0 Å². The van der Waals surface area contributed by atoms with Crippen molar-refractivity contribution in [2.24, 2.45) is 0 Å². The minimum atomic E-state index is -1.09. The second-order valence-electron chi connectivity index (χ2n) is 4.60. The molecule has 9 heteroatoms. The van der Waals surface area contributed by atoms with Crippen molar-refractivity contribution in [2.45, 2.75) is 6.61 Å². The number of aliphatic carboxylic acids is 1. The molecule has 0 saturated carbocycles. The molecule has 0 aliphatic carbocycles. The van der Waals surface area contributed by atoms with Crippen molar-refractivity contribution < 1.29 is 33.1 Å². The first-order chi connectivity index (χ1) is 11.6. The van der Waals surface area contributed by atoms with Gasteiger partial charge in [0.05, 0.1) is 6.61 Å². The number of amides is 1. The van der Waals surface area contributed by atoms with Gasteiger partial charge in [-0.25, -0.2) is 9.18 Å². The average molecular weight is 338 g/mol. The van der Waals surface area contributed by atoms with Gasteiger partial charge >= 0.3 is 5.97 Å². The average Bonchev–Trinajstić information content (AvgIpc) is 3.02. The minimum Gasteiger partial charge on any atom is -0.482 e. The number of ether oxygens (including phenoxy) is 2. The maximum Gasteiger partial charge on any atom is 0.329 e.